The van der Waals surface area contributed by atoms with Crippen LogP contribution in [-0.4, -0.2) is 42.9 Å². The van der Waals surface area contributed by atoms with Crippen molar-refractivity contribution in [3.05, 3.63) is 24.3 Å². The summed E-state index contributed by atoms with van der Waals surface area (Å²) in [5.74, 6) is 0.634. The van der Waals surface area contributed by atoms with Crippen LogP contribution < -0.4 is 10.5 Å². The first-order chi connectivity index (χ1) is 9.13. The molecule has 0 radical (unpaired) electrons. The first-order valence-electron chi connectivity index (χ1n) is 6.97. The Balaban J connectivity index is 2.24. The number of ether oxygens (including phenoxy) is 1. The fourth-order valence-corrected chi connectivity index (χ4v) is 1.93. The molecule has 0 saturated heterocycles. The highest BCUT2D eigenvalue weighted by atomic mass is 16.5. The minimum absolute atomic E-state index is 0.270. The van der Waals surface area contributed by atoms with Gasteiger partial charge >= 0.3 is 0 Å². The van der Waals surface area contributed by atoms with Gasteiger partial charge in [0.25, 0.3) is 0 Å². The van der Waals surface area contributed by atoms with Gasteiger partial charge in [0.15, 0.2) is 0 Å². The van der Waals surface area contributed by atoms with Crippen LogP contribution in [0.15, 0.2) is 24.3 Å². The zero-order valence-corrected chi connectivity index (χ0v) is 12.0. The second kappa shape index (κ2) is 8.77. The number of para-hydroxylation sites is 2. The summed E-state index contributed by atoms with van der Waals surface area (Å²) in [4.78, 5) is 2.14. The number of hydrogen-bond acceptors (Lipinski definition) is 4. The van der Waals surface area contributed by atoms with Crippen LogP contribution in [-0.2, 0) is 0 Å². The molecule has 1 atom stereocenters. The molecule has 0 aromatic heterocycles. The van der Waals surface area contributed by atoms with Gasteiger partial charge in [0.05, 0.1) is 5.69 Å². The predicted octanol–water partition coefficient (Wildman–Crippen LogP) is 2.13. The SMILES string of the molecule is CCCCCN(C)CC(O)COc1ccccc1N. The molecule has 3 N–H and O–H groups in total. The summed E-state index contributed by atoms with van der Waals surface area (Å²) < 4.78 is 5.52. The van der Waals surface area contributed by atoms with Crippen molar-refractivity contribution in [2.75, 3.05) is 32.5 Å². The Morgan fingerprint density at radius 1 is 1.32 bits per heavy atom. The number of benzene rings is 1. The van der Waals surface area contributed by atoms with Crippen LogP contribution in [0.5, 0.6) is 5.75 Å². The van der Waals surface area contributed by atoms with E-state index in [1.807, 2.05) is 25.2 Å². The second-order valence-electron chi connectivity index (χ2n) is 4.97. The molecule has 0 heterocycles. The lowest BCUT2D eigenvalue weighted by Gasteiger charge is -2.20. The summed E-state index contributed by atoms with van der Waals surface area (Å²) in [6.45, 7) is 4.09. The Labute approximate surface area is 116 Å². The van der Waals surface area contributed by atoms with E-state index >= 15 is 0 Å². The summed E-state index contributed by atoms with van der Waals surface area (Å²) in [7, 11) is 2.02. The summed E-state index contributed by atoms with van der Waals surface area (Å²) in [6, 6.07) is 7.33. The maximum atomic E-state index is 9.92. The monoisotopic (exact) mass is 266 g/mol. The molecule has 0 aliphatic rings. The van der Waals surface area contributed by atoms with Crippen molar-refractivity contribution in [1.82, 2.24) is 4.90 Å². The number of nitrogens with two attached hydrogens (primary N) is 1. The minimum Gasteiger partial charge on any atom is -0.489 e. The molecular weight excluding hydrogens is 240 g/mol. The Kier molecular flexibility index (Phi) is 7.30. The van der Waals surface area contributed by atoms with Crippen molar-refractivity contribution in [2.45, 2.75) is 32.3 Å². The Bertz CT molecular complexity index is 358. The Morgan fingerprint density at radius 3 is 2.74 bits per heavy atom. The van der Waals surface area contributed by atoms with E-state index in [2.05, 4.69) is 11.8 Å². The highest BCUT2D eigenvalue weighted by Gasteiger charge is 2.09. The first kappa shape index (κ1) is 15.8. The molecule has 0 saturated carbocycles. The van der Waals surface area contributed by atoms with Gasteiger partial charge in [-0.2, -0.15) is 0 Å². The average molecular weight is 266 g/mol. The van der Waals surface area contributed by atoms with Crippen molar-refractivity contribution >= 4 is 5.69 Å². The fraction of sp³-hybridized carbons (Fsp3) is 0.600. The lowest BCUT2D eigenvalue weighted by molar-refractivity contribution is 0.0762. The maximum Gasteiger partial charge on any atom is 0.142 e. The van der Waals surface area contributed by atoms with Gasteiger partial charge < -0.3 is 20.5 Å². The van der Waals surface area contributed by atoms with Gasteiger partial charge in [0, 0.05) is 6.54 Å². The molecule has 1 rings (SSSR count). The van der Waals surface area contributed by atoms with Crippen LogP contribution >= 0.6 is 0 Å². The zero-order chi connectivity index (χ0) is 14.1. The van der Waals surface area contributed by atoms with Crippen molar-refractivity contribution in [2.24, 2.45) is 0 Å². The topological polar surface area (TPSA) is 58.7 Å². The van der Waals surface area contributed by atoms with E-state index in [1.54, 1.807) is 6.07 Å². The number of aliphatic hydroxyl groups is 1. The number of aliphatic hydroxyl groups excluding tert-OH is 1. The van der Waals surface area contributed by atoms with Crippen LogP contribution in [0.4, 0.5) is 5.69 Å². The Hall–Kier alpha value is -1.26. The molecule has 19 heavy (non-hydrogen) atoms. The Morgan fingerprint density at radius 2 is 2.05 bits per heavy atom. The van der Waals surface area contributed by atoms with Crippen molar-refractivity contribution in [3.63, 3.8) is 0 Å². The number of hydrogen-bond donors (Lipinski definition) is 2. The number of anilines is 1. The molecule has 1 aromatic rings. The van der Waals surface area contributed by atoms with E-state index in [9.17, 15) is 5.11 Å². The summed E-state index contributed by atoms with van der Waals surface area (Å²) >= 11 is 0. The third-order valence-corrected chi connectivity index (χ3v) is 3.02. The van der Waals surface area contributed by atoms with E-state index in [0.717, 1.165) is 6.54 Å². The average Bonchev–Trinajstić information content (AvgIpc) is 2.38. The third-order valence-electron chi connectivity index (χ3n) is 3.02. The number of likely N-dealkylation sites (N-methyl/N-ethyl adjacent to an activating group) is 1. The second-order valence-corrected chi connectivity index (χ2v) is 4.97. The summed E-state index contributed by atoms with van der Waals surface area (Å²) in [6.07, 6.45) is 3.13. The van der Waals surface area contributed by atoms with Gasteiger partial charge in [-0.3, -0.25) is 0 Å². The van der Waals surface area contributed by atoms with Gasteiger partial charge in [0.1, 0.15) is 18.5 Å². The van der Waals surface area contributed by atoms with Crippen molar-refractivity contribution in [1.29, 1.82) is 0 Å². The number of nitrogen functional groups attached to an aromatic ring is 1. The van der Waals surface area contributed by atoms with E-state index in [1.165, 1.54) is 19.3 Å². The van der Waals surface area contributed by atoms with Crippen LogP contribution in [0.2, 0.25) is 0 Å². The van der Waals surface area contributed by atoms with E-state index in [-0.39, 0.29) is 6.61 Å². The largest absolute Gasteiger partial charge is 0.489 e. The molecular formula is C15H26N2O2. The third kappa shape index (κ3) is 6.45. The van der Waals surface area contributed by atoms with E-state index in [4.69, 9.17) is 10.5 Å². The van der Waals surface area contributed by atoms with Crippen LogP contribution in [0.1, 0.15) is 26.2 Å². The normalized spacial score (nSPS) is 12.6. The highest BCUT2D eigenvalue weighted by Crippen LogP contribution is 2.19. The molecule has 0 bridgehead atoms. The number of nitrogens with zero attached hydrogens (tertiary/aromatic N) is 1. The molecule has 1 unspecified atom stereocenters. The molecule has 4 heteroatoms. The van der Waals surface area contributed by atoms with Gasteiger partial charge in [0.2, 0.25) is 0 Å². The molecule has 0 amide bonds. The maximum absolute atomic E-state index is 9.92. The van der Waals surface area contributed by atoms with E-state index < -0.39 is 6.10 Å². The molecule has 0 aliphatic carbocycles. The van der Waals surface area contributed by atoms with Crippen LogP contribution in [0, 0.1) is 0 Å². The predicted molar refractivity (Wildman–Crippen MR) is 79.4 cm³/mol. The number of unbranched alkanes of at least 4 members (excludes halogenated alkanes) is 2. The van der Waals surface area contributed by atoms with Gasteiger partial charge in [-0.1, -0.05) is 31.9 Å². The summed E-state index contributed by atoms with van der Waals surface area (Å²) in [5.41, 5.74) is 6.37. The van der Waals surface area contributed by atoms with Gasteiger partial charge in [-0.05, 0) is 32.1 Å². The molecule has 1 aromatic carbocycles. The molecule has 0 aliphatic heterocycles. The minimum atomic E-state index is -0.494. The zero-order valence-electron chi connectivity index (χ0n) is 12.0. The molecule has 108 valence electrons. The molecule has 4 nitrogen and oxygen atoms in total. The van der Waals surface area contributed by atoms with E-state index in [0.29, 0.717) is 18.0 Å². The highest BCUT2D eigenvalue weighted by molar-refractivity contribution is 5.51. The van der Waals surface area contributed by atoms with Crippen molar-refractivity contribution in [3.8, 4) is 5.75 Å². The lowest BCUT2D eigenvalue weighted by atomic mass is 10.2. The first-order valence-corrected chi connectivity index (χ1v) is 6.97. The molecule has 0 spiro atoms. The van der Waals surface area contributed by atoms with Crippen LogP contribution in [0.3, 0.4) is 0 Å². The smallest absolute Gasteiger partial charge is 0.142 e. The summed E-state index contributed by atoms with van der Waals surface area (Å²) in [5, 5.41) is 9.92. The molecule has 0 fully saturated rings. The number of rotatable bonds is 9. The standard InChI is InChI=1S/C15H26N2O2/c1-3-4-7-10-17(2)11-13(18)12-19-15-9-6-5-8-14(15)16/h5-6,8-9,13,18H,3-4,7,10-12,16H2,1-2H3. The fourth-order valence-electron chi connectivity index (χ4n) is 1.93. The van der Waals surface area contributed by atoms with Crippen molar-refractivity contribution < 1.29 is 9.84 Å². The van der Waals surface area contributed by atoms with Gasteiger partial charge in [-0.15, -0.1) is 0 Å². The lowest BCUT2D eigenvalue weighted by Crippen LogP contribution is -2.33. The van der Waals surface area contributed by atoms with Gasteiger partial charge in [-0.25, -0.2) is 0 Å². The van der Waals surface area contributed by atoms with Crippen LogP contribution in [0.25, 0.3) is 0 Å². The quantitative estimate of drug-likeness (QED) is 0.531.